The zero-order chi connectivity index (χ0) is 15.6. The number of carbonyl (C=O) groups excluding carboxylic acids is 1. The Bertz CT molecular complexity index is 575. The summed E-state index contributed by atoms with van der Waals surface area (Å²) in [6.45, 7) is 2.57. The van der Waals surface area contributed by atoms with E-state index < -0.39 is 11.4 Å². The second kappa shape index (κ2) is 5.93. The fourth-order valence-corrected chi connectivity index (χ4v) is 2.92. The lowest BCUT2D eigenvalue weighted by molar-refractivity contribution is -0.152. The summed E-state index contributed by atoms with van der Waals surface area (Å²) in [6, 6.07) is 4.26. The van der Waals surface area contributed by atoms with E-state index in [1.165, 1.54) is 18.2 Å². The van der Waals surface area contributed by atoms with Crippen molar-refractivity contribution in [2.75, 3.05) is 13.1 Å². The third-order valence-corrected chi connectivity index (χ3v) is 4.49. The molecular formula is C15H18ClNO4. The van der Waals surface area contributed by atoms with Crippen molar-refractivity contribution in [3.05, 3.63) is 28.8 Å². The largest absolute Gasteiger partial charge is 0.506 e. The zero-order valence-corrected chi connectivity index (χ0v) is 12.6. The number of hydrogen-bond donors (Lipinski definition) is 2. The van der Waals surface area contributed by atoms with Gasteiger partial charge in [0.15, 0.2) is 0 Å². The first kappa shape index (κ1) is 15.6. The number of nitrogens with zero attached hydrogens (tertiary/aromatic N) is 1. The molecular weight excluding hydrogens is 294 g/mol. The van der Waals surface area contributed by atoms with Gasteiger partial charge < -0.3 is 15.1 Å². The number of aromatic hydroxyl groups is 1. The van der Waals surface area contributed by atoms with Crippen LogP contribution in [0, 0.1) is 5.41 Å². The number of hydrogen-bond acceptors (Lipinski definition) is 3. The van der Waals surface area contributed by atoms with Crippen molar-refractivity contribution in [2.24, 2.45) is 5.41 Å². The summed E-state index contributed by atoms with van der Waals surface area (Å²) in [5.74, 6) is -1.19. The number of carbonyl (C=O) groups is 2. The molecule has 1 heterocycles. The molecule has 1 unspecified atom stereocenters. The van der Waals surface area contributed by atoms with Crippen LogP contribution in [0.15, 0.2) is 18.2 Å². The number of aliphatic carboxylic acids is 1. The molecule has 1 aromatic carbocycles. The predicted molar refractivity (Wildman–Crippen MR) is 78.6 cm³/mol. The van der Waals surface area contributed by atoms with Crippen molar-refractivity contribution in [2.45, 2.75) is 26.2 Å². The highest BCUT2D eigenvalue weighted by Gasteiger charge is 2.42. The minimum absolute atomic E-state index is 0.0831. The smallest absolute Gasteiger partial charge is 0.311 e. The summed E-state index contributed by atoms with van der Waals surface area (Å²) in [5, 5.41) is 19.0. The van der Waals surface area contributed by atoms with Crippen LogP contribution in [0.5, 0.6) is 5.75 Å². The van der Waals surface area contributed by atoms with Crippen LogP contribution < -0.4 is 0 Å². The van der Waals surface area contributed by atoms with Crippen molar-refractivity contribution in [3.8, 4) is 5.75 Å². The molecule has 0 saturated carbocycles. The van der Waals surface area contributed by atoms with Gasteiger partial charge in [-0.25, -0.2) is 0 Å². The van der Waals surface area contributed by atoms with E-state index in [-0.39, 0.29) is 23.2 Å². The Balaban J connectivity index is 2.22. The summed E-state index contributed by atoms with van der Waals surface area (Å²) in [7, 11) is 0. The molecule has 0 aliphatic carbocycles. The lowest BCUT2D eigenvalue weighted by Gasteiger charge is -2.39. The molecule has 0 spiro atoms. The van der Waals surface area contributed by atoms with Crippen molar-refractivity contribution < 1.29 is 19.8 Å². The lowest BCUT2D eigenvalue weighted by atomic mass is 9.77. The summed E-state index contributed by atoms with van der Waals surface area (Å²) < 4.78 is 0. The number of rotatable bonds is 3. The molecule has 0 bridgehead atoms. The summed E-state index contributed by atoms with van der Waals surface area (Å²) in [4.78, 5) is 25.6. The van der Waals surface area contributed by atoms with Gasteiger partial charge in [-0.15, -0.1) is 0 Å². The molecule has 1 amide bonds. The molecule has 0 radical (unpaired) electrons. The van der Waals surface area contributed by atoms with Crippen molar-refractivity contribution in [3.63, 3.8) is 0 Å². The van der Waals surface area contributed by atoms with Crippen LogP contribution in [-0.4, -0.2) is 40.1 Å². The number of carboxylic acid groups (broad SMARTS) is 1. The molecule has 1 atom stereocenters. The van der Waals surface area contributed by atoms with Gasteiger partial charge >= 0.3 is 5.97 Å². The Morgan fingerprint density at radius 2 is 2.14 bits per heavy atom. The quantitative estimate of drug-likeness (QED) is 0.899. The van der Waals surface area contributed by atoms with E-state index >= 15 is 0 Å². The summed E-state index contributed by atoms with van der Waals surface area (Å²) in [6.07, 6.45) is 1.74. The average molecular weight is 312 g/mol. The Morgan fingerprint density at radius 3 is 2.71 bits per heavy atom. The molecule has 114 valence electrons. The minimum atomic E-state index is -0.866. The highest BCUT2D eigenvalue weighted by atomic mass is 35.5. The maximum atomic E-state index is 12.5. The Kier molecular flexibility index (Phi) is 4.42. The molecule has 2 rings (SSSR count). The number of likely N-dealkylation sites (tertiary alicyclic amines) is 1. The van der Waals surface area contributed by atoms with E-state index in [1.807, 2.05) is 6.92 Å². The first-order chi connectivity index (χ1) is 9.89. The summed E-state index contributed by atoms with van der Waals surface area (Å²) in [5.41, 5.74) is -0.510. The third-order valence-electron chi connectivity index (χ3n) is 4.19. The number of benzene rings is 1. The molecule has 21 heavy (non-hydrogen) atoms. The van der Waals surface area contributed by atoms with Crippen LogP contribution in [0.3, 0.4) is 0 Å². The average Bonchev–Trinajstić information content (AvgIpc) is 2.49. The van der Waals surface area contributed by atoms with Crippen LogP contribution >= 0.6 is 11.6 Å². The minimum Gasteiger partial charge on any atom is -0.506 e. The fourth-order valence-electron chi connectivity index (χ4n) is 2.74. The monoisotopic (exact) mass is 311 g/mol. The maximum Gasteiger partial charge on any atom is 0.311 e. The molecule has 5 nitrogen and oxygen atoms in total. The van der Waals surface area contributed by atoms with Gasteiger partial charge in [-0.1, -0.05) is 18.5 Å². The number of halogens is 1. The molecule has 1 aliphatic heterocycles. The molecule has 1 saturated heterocycles. The van der Waals surface area contributed by atoms with E-state index in [1.54, 1.807) is 4.90 Å². The number of carboxylic acids is 1. The Labute approximate surface area is 128 Å². The Morgan fingerprint density at radius 1 is 1.43 bits per heavy atom. The van der Waals surface area contributed by atoms with E-state index in [4.69, 9.17) is 11.6 Å². The molecule has 1 fully saturated rings. The van der Waals surface area contributed by atoms with Crippen molar-refractivity contribution >= 4 is 23.5 Å². The van der Waals surface area contributed by atoms with E-state index in [2.05, 4.69) is 0 Å². The topological polar surface area (TPSA) is 77.8 Å². The van der Waals surface area contributed by atoms with Crippen LogP contribution in [0.1, 0.15) is 36.5 Å². The Hall–Kier alpha value is -1.75. The highest BCUT2D eigenvalue weighted by molar-refractivity contribution is 6.32. The first-order valence-electron chi connectivity index (χ1n) is 6.91. The SMILES string of the molecule is CCC1(C(=O)O)CCCN(C(=O)c2ccc(O)c(Cl)c2)C1. The van der Waals surface area contributed by atoms with Crippen LogP contribution in [0.2, 0.25) is 5.02 Å². The fraction of sp³-hybridized carbons (Fsp3) is 0.467. The molecule has 1 aromatic rings. The molecule has 2 N–H and O–H groups in total. The van der Waals surface area contributed by atoms with Gasteiger partial charge in [0.2, 0.25) is 0 Å². The van der Waals surface area contributed by atoms with Gasteiger partial charge in [0.25, 0.3) is 5.91 Å². The number of phenols is 1. The maximum absolute atomic E-state index is 12.5. The van der Waals surface area contributed by atoms with Gasteiger partial charge in [-0.2, -0.15) is 0 Å². The second-order valence-electron chi connectivity index (χ2n) is 5.44. The molecule has 1 aliphatic rings. The summed E-state index contributed by atoms with van der Waals surface area (Å²) >= 11 is 5.82. The normalized spacial score (nSPS) is 22.1. The van der Waals surface area contributed by atoms with Crippen LogP contribution in [0.25, 0.3) is 0 Å². The van der Waals surface area contributed by atoms with Gasteiger partial charge in [0, 0.05) is 18.7 Å². The molecule has 0 aromatic heterocycles. The zero-order valence-electron chi connectivity index (χ0n) is 11.8. The number of phenolic OH excluding ortho intramolecular Hbond substituents is 1. The van der Waals surface area contributed by atoms with Crippen LogP contribution in [-0.2, 0) is 4.79 Å². The number of amides is 1. The number of piperidine rings is 1. The van der Waals surface area contributed by atoms with E-state index in [9.17, 15) is 19.8 Å². The van der Waals surface area contributed by atoms with Crippen LogP contribution in [0.4, 0.5) is 0 Å². The van der Waals surface area contributed by atoms with Gasteiger partial charge in [0.05, 0.1) is 10.4 Å². The first-order valence-corrected chi connectivity index (χ1v) is 7.28. The van der Waals surface area contributed by atoms with Gasteiger partial charge in [-0.05, 0) is 37.5 Å². The lowest BCUT2D eigenvalue weighted by Crippen LogP contribution is -2.49. The van der Waals surface area contributed by atoms with Crippen molar-refractivity contribution in [1.82, 2.24) is 4.90 Å². The van der Waals surface area contributed by atoms with E-state index in [0.29, 0.717) is 31.4 Å². The molecule has 6 heteroatoms. The predicted octanol–water partition coefficient (Wildman–Crippen LogP) is 2.76. The standard InChI is InChI=1S/C15H18ClNO4/c1-2-15(14(20)21)6-3-7-17(9-15)13(19)10-4-5-12(18)11(16)8-10/h4-5,8,18H,2-3,6-7,9H2,1H3,(H,20,21). The van der Waals surface area contributed by atoms with Gasteiger partial charge in [0.1, 0.15) is 5.75 Å². The van der Waals surface area contributed by atoms with Crippen molar-refractivity contribution in [1.29, 1.82) is 0 Å². The third kappa shape index (κ3) is 2.97. The second-order valence-corrected chi connectivity index (χ2v) is 5.84. The highest BCUT2D eigenvalue weighted by Crippen LogP contribution is 2.34. The van der Waals surface area contributed by atoms with E-state index in [0.717, 1.165) is 0 Å². The van der Waals surface area contributed by atoms with Gasteiger partial charge in [-0.3, -0.25) is 9.59 Å².